The number of carbonyl (C=O) groups excluding carboxylic acids is 1. The molecular formula is C5H9NO. The largest absolute Gasteiger partial charge is 0.356 e. The predicted molar refractivity (Wildman–Crippen MR) is 28.9 cm³/mol. The molecule has 2 nitrogen and oxygen atoms in total. The Bertz CT molecular complexity index is 64.5. The highest BCUT2D eigenvalue weighted by Crippen LogP contribution is 1.85. The van der Waals surface area contributed by atoms with Crippen molar-refractivity contribution in [3.63, 3.8) is 0 Å². The molecule has 0 radical (unpaired) electrons. The second-order valence-electron chi connectivity index (χ2n) is 1.10. The van der Waals surface area contributed by atoms with E-state index in [0.717, 1.165) is 13.0 Å². The average Bonchev–Trinajstić information content (AvgIpc) is 1.68. The van der Waals surface area contributed by atoms with Crippen LogP contribution in [0.2, 0.25) is 0 Å². The van der Waals surface area contributed by atoms with Crippen LogP contribution in [0.25, 0.3) is 0 Å². The van der Waals surface area contributed by atoms with E-state index in [1.807, 2.05) is 0 Å². The van der Waals surface area contributed by atoms with Gasteiger partial charge in [0.25, 0.3) is 0 Å². The first-order chi connectivity index (χ1) is 3.39. The van der Waals surface area contributed by atoms with E-state index in [4.69, 9.17) is 0 Å². The van der Waals surface area contributed by atoms with Crippen LogP contribution in [0.15, 0.2) is 13.2 Å². The number of hydrogen-bond donors (Lipinski definition) is 1. The van der Waals surface area contributed by atoms with E-state index in [1.165, 1.54) is 0 Å². The fourth-order valence-electron chi connectivity index (χ4n) is 0.227. The van der Waals surface area contributed by atoms with Crippen LogP contribution in [-0.2, 0) is 4.79 Å². The van der Waals surface area contributed by atoms with E-state index in [2.05, 4.69) is 18.5 Å². The normalized spacial score (nSPS) is 15.1. The zero-order valence-corrected chi connectivity index (χ0v) is 4.24. The third-order valence-corrected chi connectivity index (χ3v) is 0.674. The second-order valence-corrected chi connectivity index (χ2v) is 1.10. The molecule has 0 aromatic rings. The van der Waals surface area contributed by atoms with Crippen LogP contribution >= 0.6 is 0 Å². The van der Waals surface area contributed by atoms with Crippen molar-refractivity contribution >= 4 is 5.91 Å². The summed E-state index contributed by atoms with van der Waals surface area (Å²) in [6.07, 6.45) is 0.736. The van der Waals surface area contributed by atoms with Crippen molar-refractivity contribution in [2.45, 2.75) is 6.42 Å². The van der Waals surface area contributed by atoms with Gasteiger partial charge < -0.3 is 5.32 Å². The number of β-lactam (4-membered cyclic amide) rings is 1. The van der Waals surface area contributed by atoms with Crippen LogP contribution in [0.4, 0.5) is 0 Å². The molecule has 0 bridgehead atoms. The van der Waals surface area contributed by atoms with E-state index >= 15 is 0 Å². The number of nitrogens with one attached hydrogen (secondary N) is 1. The maximum atomic E-state index is 9.79. The van der Waals surface area contributed by atoms with Crippen molar-refractivity contribution in [2.75, 3.05) is 6.54 Å². The summed E-state index contributed by atoms with van der Waals surface area (Å²) in [5, 5.41) is 2.57. The van der Waals surface area contributed by atoms with Crippen LogP contribution in [0.5, 0.6) is 0 Å². The van der Waals surface area contributed by atoms with Gasteiger partial charge >= 0.3 is 0 Å². The molecule has 0 saturated carbocycles. The summed E-state index contributed by atoms with van der Waals surface area (Å²) in [6.45, 7) is 6.89. The molecular weight excluding hydrogens is 90.1 g/mol. The Labute approximate surface area is 43.2 Å². The van der Waals surface area contributed by atoms with E-state index in [1.54, 1.807) is 0 Å². The molecule has 0 aromatic heterocycles. The van der Waals surface area contributed by atoms with E-state index in [-0.39, 0.29) is 5.91 Å². The summed E-state index contributed by atoms with van der Waals surface area (Å²) in [5.74, 6) is 0.185. The quantitative estimate of drug-likeness (QED) is 0.343. The van der Waals surface area contributed by atoms with Gasteiger partial charge in [-0.15, -0.1) is 13.2 Å². The molecule has 1 N–H and O–H groups in total. The lowest BCUT2D eigenvalue weighted by molar-refractivity contribution is -0.125. The molecule has 1 rings (SSSR count). The first kappa shape index (κ1) is 6.21. The van der Waals surface area contributed by atoms with Crippen LogP contribution in [0, 0.1) is 0 Å². The minimum atomic E-state index is 0.185. The van der Waals surface area contributed by atoms with Gasteiger partial charge in [-0.2, -0.15) is 0 Å². The van der Waals surface area contributed by atoms with Crippen molar-refractivity contribution < 1.29 is 4.79 Å². The summed E-state index contributed by atoms with van der Waals surface area (Å²) in [6, 6.07) is 0. The Morgan fingerprint density at radius 1 is 1.57 bits per heavy atom. The van der Waals surface area contributed by atoms with Crippen molar-refractivity contribution in [2.24, 2.45) is 0 Å². The van der Waals surface area contributed by atoms with Gasteiger partial charge in [0.15, 0.2) is 0 Å². The topological polar surface area (TPSA) is 29.1 Å². The number of rotatable bonds is 0. The Balaban J connectivity index is 0.000000162. The Morgan fingerprint density at radius 3 is 1.86 bits per heavy atom. The molecule has 0 spiro atoms. The standard InChI is InChI=1S/C3H5NO.C2H4/c5-3-1-2-4-3;1-2/h1-2H2,(H,4,5);1-2H2. The Morgan fingerprint density at radius 2 is 1.86 bits per heavy atom. The SMILES string of the molecule is C=C.O=C1CCN1. The molecule has 1 amide bonds. The average molecular weight is 99.1 g/mol. The van der Waals surface area contributed by atoms with Crippen LogP contribution < -0.4 is 5.32 Å². The smallest absolute Gasteiger partial charge is 0.221 e. The lowest BCUT2D eigenvalue weighted by Gasteiger charge is -2.10. The van der Waals surface area contributed by atoms with Gasteiger partial charge in [-0.05, 0) is 0 Å². The third-order valence-electron chi connectivity index (χ3n) is 0.674. The lowest BCUT2D eigenvalue weighted by Crippen LogP contribution is -2.37. The molecule has 1 aliphatic rings. The summed E-state index contributed by atoms with van der Waals surface area (Å²) in [4.78, 5) is 9.79. The molecule has 0 unspecified atom stereocenters. The lowest BCUT2D eigenvalue weighted by atomic mass is 10.3. The molecule has 0 atom stereocenters. The van der Waals surface area contributed by atoms with Crippen LogP contribution in [0.3, 0.4) is 0 Å². The fourth-order valence-corrected chi connectivity index (χ4v) is 0.227. The monoisotopic (exact) mass is 99.1 g/mol. The predicted octanol–water partition coefficient (Wildman–Crippen LogP) is 0.308. The van der Waals surface area contributed by atoms with E-state index in [9.17, 15) is 4.79 Å². The molecule has 1 saturated heterocycles. The summed E-state index contributed by atoms with van der Waals surface area (Å²) >= 11 is 0. The van der Waals surface area contributed by atoms with Gasteiger partial charge in [0.2, 0.25) is 5.91 Å². The second kappa shape index (κ2) is 3.40. The van der Waals surface area contributed by atoms with Crippen LogP contribution in [0.1, 0.15) is 6.42 Å². The summed E-state index contributed by atoms with van der Waals surface area (Å²) < 4.78 is 0. The van der Waals surface area contributed by atoms with E-state index < -0.39 is 0 Å². The Hall–Kier alpha value is -0.790. The number of carbonyl (C=O) groups is 1. The molecule has 1 aliphatic heterocycles. The number of amides is 1. The van der Waals surface area contributed by atoms with Gasteiger partial charge in [-0.3, -0.25) is 4.79 Å². The highest BCUT2D eigenvalue weighted by molar-refractivity contribution is 5.81. The minimum Gasteiger partial charge on any atom is -0.356 e. The molecule has 40 valence electrons. The first-order valence-corrected chi connectivity index (χ1v) is 2.16. The van der Waals surface area contributed by atoms with Gasteiger partial charge in [0.05, 0.1) is 0 Å². The van der Waals surface area contributed by atoms with Gasteiger partial charge in [-0.25, -0.2) is 0 Å². The van der Waals surface area contributed by atoms with Crippen molar-refractivity contribution in [1.29, 1.82) is 0 Å². The molecule has 1 fully saturated rings. The number of hydrogen-bond acceptors (Lipinski definition) is 1. The van der Waals surface area contributed by atoms with Crippen molar-refractivity contribution in [3.05, 3.63) is 13.2 Å². The maximum Gasteiger partial charge on any atom is 0.221 e. The van der Waals surface area contributed by atoms with Crippen molar-refractivity contribution in [3.8, 4) is 0 Å². The van der Waals surface area contributed by atoms with Gasteiger partial charge in [-0.1, -0.05) is 0 Å². The molecule has 0 aromatic carbocycles. The minimum absolute atomic E-state index is 0.185. The molecule has 2 heteroatoms. The summed E-state index contributed by atoms with van der Waals surface area (Å²) in [5.41, 5.74) is 0. The zero-order valence-electron chi connectivity index (χ0n) is 4.24. The fraction of sp³-hybridized carbons (Fsp3) is 0.400. The Kier molecular flexibility index (Phi) is 3.02. The first-order valence-electron chi connectivity index (χ1n) is 2.16. The van der Waals surface area contributed by atoms with E-state index in [0.29, 0.717) is 0 Å². The van der Waals surface area contributed by atoms with Gasteiger partial charge in [0.1, 0.15) is 0 Å². The molecule has 7 heavy (non-hydrogen) atoms. The molecule has 0 aliphatic carbocycles. The van der Waals surface area contributed by atoms with Crippen LogP contribution in [-0.4, -0.2) is 12.5 Å². The zero-order chi connectivity index (χ0) is 5.70. The third kappa shape index (κ3) is 1.98. The molecule has 1 heterocycles. The van der Waals surface area contributed by atoms with Crippen molar-refractivity contribution in [1.82, 2.24) is 5.32 Å². The van der Waals surface area contributed by atoms with Gasteiger partial charge in [0, 0.05) is 13.0 Å². The highest BCUT2D eigenvalue weighted by Gasteiger charge is 2.07. The summed E-state index contributed by atoms with van der Waals surface area (Å²) in [7, 11) is 0. The maximum absolute atomic E-state index is 9.79. The highest BCUT2D eigenvalue weighted by atomic mass is 16.2.